The van der Waals surface area contributed by atoms with Crippen LogP contribution in [-0.4, -0.2) is 26.2 Å². The minimum Gasteiger partial charge on any atom is -0.398 e. The fraction of sp³-hybridized carbons (Fsp3) is 0.500. The smallest absolute Gasteiger partial charge is 0.0451 e. The SMILES string of the molecule is CC(N)c1c(N)cc(Cl)cc1N1CCNCC1. The van der Waals surface area contributed by atoms with Crippen molar-refractivity contribution in [2.24, 2.45) is 5.73 Å². The summed E-state index contributed by atoms with van der Waals surface area (Å²) in [5.74, 6) is 0. The first-order chi connectivity index (χ1) is 8.09. The van der Waals surface area contributed by atoms with Gasteiger partial charge in [0.1, 0.15) is 0 Å². The topological polar surface area (TPSA) is 67.3 Å². The van der Waals surface area contributed by atoms with E-state index in [2.05, 4.69) is 10.2 Å². The van der Waals surface area contributed by atoms with Crippen LogP contribution < -0.4 is 21.7 Å². The molecule has 4 nitrogen and oxygen atoms in total. The zero-order valence-electron chi connectivity index (χ0n) is 10.0. The van der Waals surface area contributed by atoms with Crippen molar-refractivity contribution in [3.05, 3.63) is 22.7 Å². The lowest BCUT2D eigenvalue weighted by molar-refractivity contribution is 0.586. The van der Waals surface area contributed by atoms with Gasteiger partial charge in [0.25, 0.3) is 0 Å². The molecule has 0 saturated carbocycles. The minimum atomic E-state index is -0.0860. The molecular weight excluding hydrogens is 236 g/mol. The molecule has 1 aliphatic heterocycles. The molecule has 2 rings (SSSR count). The van der Waals surface area contributed by atoms with Gasteiger partial charge in [0.05, 0.1) is 0 Å². The lowest BCUT2D eigenvalue weighted by Gasteiger charge is -2.32. The van der Waals surface area contributed by atoms with Crippen molar-refractivity contribution in [3.63, 3.8) is 0 Å². The fourth-order valence-corrected chi connectivity index (χ4v) is 2.51. The van der Waals surface area contributed by atoms with E-state index in [1.165, 1.54) is 0 Å². The maximum absolute atomic E-state index is 6.08. The van der Waals surface area contributed by atoms with E-state index in [1.807, 2.05) is 13.0 Å². The van der Waals surface area contributed by atoms with Crippen LogP contribution in [0, 0.1) is 0 Å². The second kappa shape index (κ2) is 5.12. The van der Waals surface area contributed by atoms with Crippen molar-refractivity contribution in [2.75, 3.05) is 36.8 Å². The average Bonchev–Trinajstić information content (AvgIpc) is 2.28. The van der Waals surface area contributed by atoms with Crippen molar-refractivity contribution < 1.29 is 0 Å². The molecule has 1 fully saturated rings. The number of benzene rings is 1. The Labute approximate surface area is 107 Å². The highest BCUT2D eigenvalue weighted by atomic mass is 35.5. The summed E-state index contributed by atoms with van der Waals surface area (Å²) in [5, 5.41) is 3.99. The molecule has 1 aliphatic rings. The lowest BCUT2D eigenvalue weighted by Crippen LogP contribution is -2.44. The molecule has 0 aromatic heterocycles. The molecule has 0 bridgehead atoms. The summed E-state index contributed by atoms with van der Waals surface area (Å²) in [4.78, 5) is 2.29. The summed E-state index contributed by atoms with van der Waals surface area (Å²) >= 11 is 6.08. The third-order valence-electron chi connectivity index (χ3n) is 3.07. The molecule has 1 aromatic rings. The average molecular weight is 255 g/mol. The maximum Gasteiger partial charge on any atom is 0.0451 e. The van der Waals surface area contributed by atoms with Gasteiger partial charge in [-0.3, -0.25) is 0 Å². The van der Waals surface area contributed by atoms with Gasteiger partial charge in [-0.15, -0.1) is 0 Å². The molecule has 1 unspecified atom stereocenters. The van der Waals surface area contributed by atoms with E-state index in [9.17, 15) is 0 Å². The number of hydrogen-bond acceptors (Lipinski definition) is 4. The highest BCUT2D eigenvalue weighted by Gasteiger charge is 2.19. The number of halogens is 1. The van der Waals surface area contributed by atoms with Crippen LogP contribution >= 0.6 is 11.6 Å². The van der Waals surface area contributed by atoms with Gasteiger partial charge in [-0.1, -0.05) is 11.6 Å². The van der Waals surface area contributed by atoms with Gasteiger partial charge < -0.3 is 21.7 Å². The molecular formula is C12H19ClN4. The summed E-state index contributed by atoms with van der Waals surface area (Å²) in [6, 6.07) is 3.64. The third kappa shape index (κ3) is 2.65. The zero-order valence-corrected chi connectivity index (χ0v) is 10.8. The van der Waals surface area contributed by atoms with Crippen LogP contribution in [0.2, 0.25) is 5.02 Å². The Morgan fingerprint density at radius 1 is 1.35 bits per heavy atom. The molecule has 5 N–H and O–H groups in total. The second-order valence-corrected chi connectivity index (χ2v) is 4.89. The van der Waals surface area contributed by atoms with E-state index in [0.717, 1.165) is 37.4 Å². The van der Waals surface area contributed by atoms with Gasteiger partial charge in [0.2, 0.25) is 0 Å². The quantitative estimate of drug-likeness (QED) is 0.697. The molecule has 5 heteroatoms. The number of nitrogens with zero attached hydrogens (tertiary/aromatic N) is 1. The summed E-state index contributed by atoms with van der Waals surface area (Å²) in [7, 11) is 0. The first-order valence-corrected chi connectivity index (χ1v) is 6.27. The predicted molar refractivity (Wildman–Crippen MR) is 73.5 cm³/mol. The molecule has 94 valence electrons. The highest BCUT2D eigenvalue weighted by molar-refractivity contribution is 6.31. The van der Waals surface area contributed by atoms with E-state index >= 15 is 0 Å². The Hall–Kier alpha value is -0.970. The summed E-state index contributed by atoms with van der Waals surface area (Å²) in [6.45, 7) is 5.82. The van der Waals surface area contributed by atoms with Gasteiger partial charge in [-0.05, 0) is 19.1 Å². The van der Waals surface area contributed by atoms with Gasteiger partial charge in [-0.2, -0.15) is 0 Å². The van der Waals surface area contributed by atoms with Crippen molar-refractivity contribution in [1.29, 1.82) is 0 Å². The fourth-order valence-electron chi connectivity index (χ4n) is 2.29. The first-order valence-electron chi connectivity index (χ1n) is 5.89. The van der Waals surface area contributed by atoms with E-state index < -0.39 is 0 Å². The molecule has 1 saturated heterocycles. The zero-order chi connectivity index (χ0) is 12.4. The van der Waals surface area contributed by atoms with Crippen molar-refractivity contribution >= 4 is 23.0 Å². The largest absolute Gasteiger partial charge is 0.398 e. The second-order valence-electron chi connectivity index (χ2n) is 4.45. The van der Waals surface area contributed by atoms with E-state index in [4.69, 9.17) is 23.1 Å². The number of piperazine rings is 1. The lowest BCUT2D eigenvalue weighted by atomic mass is 10.0. The Morgan fingerprint density at radius 2 is 2.00 bits per heavy atom. The Morgan fingerprint density at radius 3 is 2.59 bits per heavy atom. The standard InChI is InChI=1S/C12H19ClN4/c1-8(14)12-10(15)6-9(13)7-11(12)17-4-2-16-3-5-17/h6-8,16H,2-5,14-15H2,1H3. The van der Waals surface area contributed by atoms with Crippen LogP contribution in [0.3, 0.4) is 0 Å². The van der Waals surface area contributed by atoms with Crippen LogP contribution in [-0.2, 0) is 0 Å². The van der Waals surface area contributed by atoms with Crippen LogP contribution in [0.15, 0.2) is 12.1 Å². The number of anilines is 2. The molecule has 17 heavy (non-hydrogen) atoms. The molecule has 1 atom stereocenters. The van der Waals surface area contributed by atoms with Crippen LogP contribution in [0.25, 0.3) is 0 Å². The van der Waals surface area contributed by atoms with Gasteiger partial charge in [0.15, 0.2) is 0 Å². The van der Waals surface area contributed by atoms with Gasteiger partial charge >= 0.3 is 0 Å². The third-order valence-corrected chi connectivity index (χ3v) is 3.29. The Balaban J connectivity index is 2.42. The summed E-state index contributed by atoms with van der Waals surface area (Å²) < 4.78 is 0. The van der Waals surface area contributed by atoms with Crippen LogP contribution in [0.5, 0.6) is 0 Å². The number of hydrogen-bond donors (Lipinski definition) is 3. The van der Waals surface area contributed by atoms with Crippen molar-refractivity contribution in [2.45, 2.75) is 13.0 Å². The van der Waals surface area contributed by atoms with Crippen LogP contribution in [0.4, 0.5) is 11.4 Å². The minimum absolute atomic E-state index is 0.0860. The molecule has 1 aromatic carbocycles. The summed E-state index contributed by atoms with van der Waals surface area (Å²) in [6.07, 6.45) is 0. The number of nitrogens with one attached hydrogen (secondary N) is 1. The normalized spacial score (nSPS) is 18.2. The van der Waals surface area contributed by atoms with Crippen LogP contribution in [0.1, 0.15) is 18.5 Å². The number of nitrogen functional groups attached to an aromatic ring is 1. The Kier molecular flexibility index (Phi) is 3.76. The molecule has 0 amide bonds. The van der Waals surface area contributed by atoms with Gasteiger partial charge in [0, 0.05) is 54.2 Å². The van der Waals surface area contributed by atoms with Crippen molar-refractivity contribution in [3.8, 4) is 0 Å². The van der Waals surface area contributed by atoms with Crippen molar-refractivity contribution in [1.82, 2.24) is 5.32 Å². The maximum atomic E-state index is 6.08. The van der Waals surface area contributed by atoms with Gasteiger partial charge in [-0.25, -0.2) is 0 Å². The molecule has 0 aliphatic carbocycles. The Bertz CT molecular complexity index is 400. The monoisotopic (exact) mass is 254 g/mol. The van der Waals surface area contributed by atoms with E-state index in [0.29, 0.717) is 10.7 Å². The molecule has 0 spiro atoms. The van der Waals surface area contributed by atoms with E-state index in [-0.39, 0.29) is 6.04 Å². The predicted octanol–water partition coefficient (Wildman–Crippen LogP) is 1.35. The molecule has 0 radical (unpaired) electrons. The number of rotatable bonds is 2. The first kappa shape index (κ1) is 12.5. The highest BCUT2D eigenvalue weighted by Crippen LogP contribution is 2.34. The molecule has 1 heterocycles. The van der Waals surface area contributed by atoms with E-state index in [1.54, 1.807) is 6.07 Å². The number of nitrogens with two attached hydrogens (primary N) is 2. The summed E-state index contributed by atoms with van der Waals surface area (Å²) in [5.41, 5.74) is 14.8.